The molecule has 0 aliphatic carbocycles. The molecule has 0 radical (unpaired) electrons. The van der Waals surface area contributed by atoms with Crippen molar-refractivity contribution in [2.45, 2.75) is 26.3 Å². The maximum absolute atomic E-state index is 13.1. The second-order valence-electron chi connectivity index (χ2n) is 5.63. The third kappa shape index (κ3) is 3.83. The lowest BCUT2D eigenvalue weighted by molar-refractivity contribution is 0.155. The number of thiophene rings is 1. The topological polar surface area (TPSA) is 70.8 Å². The summed E-state index contributed by atoms with van der Waals surface area (Å²) in [5.41, 5.74) is 7.96. The Kier molecular flexibility index (Phi) is 5.65. The van der Waals surface area contributed by atoms with Crippen LogP contribution >= 0.6 is 27.3 Å². The Balaban J connectivity index is 1.92. The third-order valence-corrected chi connectivity index (χ3v) is 6.47. The molecule has 3 rings (SSSR count). The number of fused-ring (bicyclic) bond motifs is 1. The highest BCUT2D eigenvalue weighted by Gasteiger charge is 2.22. The molecule has 0 unspecified atom stereocenters. The van der Waals surface area contributed by atoms with Crippen molar-refractivity contribution in [1.29, 1.82) is 0 Å². The number of anilines is 1. The fourth-order valence-corrected chi connectivity index (χ4v) is 4.41. The molecule has 0 aliphatic heterocycles. The quantitative estimate of drug-likeness (QED) is 0.584. The van der Waals surface area contributed by atoms with Gasteiger partial charge in [0.25, 0.3) is 6.43 Å². The highest BCUT2D eigenvalue weighted by Crippen LogP contribution is 2.39. The van der Waals surface area contributed by atoms with Crippen molar-refractivity contribution in [2.24, 2.45) is 5.73 Å². The lowest BCUT2D eigenvalue weighted by Crippen LogP contribution is -2.26. The predicted molar refractivity (Wildman–Crippen MR) is 100 cm³/mol. The highest BCUT2D eigenvalue weighted by molar-refractivity contribution is 9.10. The van der Waals surface area contributed by atoms with Crippen LogP contribution < -0.4 is 10.6 Å². The van der Waals surface area contributed by atoms with Crippen molar-refractivity contribution >= 4 is 44.4 Å². The molecule has 0 saturated heterocycles. The number of nitrogens with two attached hydrogens (primary N) is 1. The fourth-order valence-electron chi connectivity index (χ4n) is 2.55. The standard InChI is InChI=1S/C16H18BrF2N5S/c1-9-11(25-13(12(9)17)14(18)19)8-24(7-3-5-20)16-22-10-4-2-6-21-15(10)23-16/h2,4,6,14H,3,5,7-8,20H2,1H3,(H,21,22,23). The monoisotopic (exact) mass is 429 g/mol. The first-order valence-electron chi connectivity index (χ1n) is 7.82. The van der Waals surface area contributed by atoms with E-state index in [4.69, 9.17) is 5.73 Å². The van der Waals surface area contributed by atoms with Gasteiger partial charge in [0.2, 0.25) is 5.95 Å². The van der Waals surface area contributed by atoms with Crippen LogP contribution in [-0.2, 0) is 6.54 Å². The number of pyridine rings is 1. The molecule has 0 spiro atoms. The molecule has 9 heteroatoms. The van der Waals surface area contributed by atoms with Crippen molar-refractivity contribution in [3.63, 3.8) is 0 Å². The molecule has 0 fully saturated rings. The predicted octanol–water partition coefficient (Wildman–Crippen LogP) is 4.38. The van der Waals surface area contributed by atoms with E-state index in [1.807, 2.05) is 24.0 Å². The van der Waals surface area contributed by atoms with Gasteiger partial charge in [-0.1, -0.05) is 0 Å². The summed E-state index contributed by atoms with van der Waals surface area (Å²) in [5.74, 6) is 0.671. The van der Waals surface area contributed by atoms with Crippen molar-refractivity contribution in [3.05, 3.63) is 38.1 Å². The number of hydrogen-bond donors (Lipinski definition) is 2. The van der Waals surface area contributed by atoms with Gasteiger partial charge in [-0.25, -0.2) is 13.8 Å². The van der Waals surface area contributed by atoms with Crippen molar-refractivity contribution in [2.75, 3.05) is 18.0 Å². The molecule has 3 heterocycles. The van der Waals surface area contributed by atoms with E-state index in [-0.39, 0.29) is 4.88 Å². The molecule has 134 valence electrons. The summed E-state index contributed by atoms with van der Waals surface area (Å²) in [6, 6.07) is 3.74. The smallest absolute Gasteiger partial charge is 0.273 e. The first kappa shape index (κ1) is 18.2. The lowest BCUT2D eigenvalue weighted by atomic mass is 10.2. The van der Waals surface area contributed by atoms with E-state index in [0.29, 0.717) is 35.7 Å². The minimum Gasteiger partial charge on any atom is -0.337 e. The summed E-state index contributed by atoms with van der Waals surface area (Å²) in [4.78, 5) is 15.0. The molecule has 3 N–H and O–H groups in total. The van der Waals surface area contributed by atoms with E-state index in [0.717, 1.165) is 33.7 Å². The van der Waals surface area contributed by atoms with Crippen molar-refractivity contribution < 1.29 is 8.78 Å². The van der Waals surface area contributed by atoms with E-state index < -0.39 is 6.43 Å². The highest BCUT2D eigenvalue weighted by atomic mass is 79.9. The summed E-state index contributed by atoms with van der Waals surface area (Å²) in [7, 11) is 0. The zero-order valence-corrected chi connectivity index (χ0v) is 16.0. The minimum atomic E-state index is -2.49. The van der Waals surface area contributed by atoms with E-state index in [1.165, 1.54) is 0 Å². The maximum Gasteiger partial charge on any atom is 0.273 e. The third-order valence-electron chi connectivity index (χ3n) is 3.91. The lowest BCUT2D eigenvalue weighted by Gasteiger charge is -2.21. The molecular formula is C16H18BrF2N5S. The number of alkyl halides is 2. The molecule has 0 amide bonds. The first-order valence-corrected chi connectivity index (χ1v) is 9.43. The largest absolute Gasteiger partial charge is 0.337 e. The number of imidazole rings is 1. The first-order chi connectivity index (χ1) is 12.0. The average Bonchev–Trinajstić information content (AvgIpc) is 3.14. The van der Waals surface area contributed by atoms with Gasteiger partial charge in [0.1, 0.15) is 0 Å². The van der Waals surface area contributed by atoms with Crippen LogP contribution in [0.15, 0.2) is 22.8 Å². The number of halogens is 3. The van der Waals surface area contributed by atoms with Crippen molar-refractivity contribution in [3.8, 4) is 0 Å². The second-order valence-corrected chi connectivity index (χ2v) is 7.56. The van der Waals surface area contributed by atoms with Crippen LogP contribution in [0, 0.1) is 6.92 Å². The molecule has 5 nitrogen and oxygen atoms in total. The average molecular weight is 430 g/mol. The summed E-state index contributed by atoms with van der Waals surface area (Å²) in [6.45, 7) is 3.56. The molecule has 3 aromatic rings. The van der Waals surface area contributed by atoms with Gasteiger partial charge in [-0.05, 0) is 53.5 Å². The zero-order valence-electron chi connectivity index (χ0n) is 13.6. The maximum atomic E-state index is 13.1. The second kappa shape index (κ2) is 7.76. The van der Waals surface area contributed by atoms with Crippen LogP contribution in [0.25, 0.3) is 11.2 Å². The van der Waals surface area contributed by atoms with E-state index in [2.05, 4.69) is 30.9 Å². The summed E-state index contributed by atoms with van der Waals surface area (Å²) in [6.07, 6.45) is -0.0237. The van der Waals surface area contributed by atoms with Gasteiger partial charge in [-0.2, -0.15) is 4.98 Å². The van der Waals surface area contributed by atoms with Crippen LogP contribution in [-0.4, -0.2) is 28.0 Å². The van der Waals surface area contributed by atoms with Crippen LogP contribution in [0.1, 0.15) is 28.2 Å². The molecule has 0 aliphatic rings. The Bertz CT molecular complexity index is 830. The van der Waals surface area contributed by atoms with E-state index in [1.54, 1.807) is 6.20 Å². The van der Waals surface area contributed by atoms with Gasteiger partial charge in [-0.3, -0.25) is 0 Å². The molecular weight excluding hydrogens is 412 g/mol. The van der Waals surface area contributed by atoms with Crippen LogP contribution in [0.3, 0.4) is 0 Å². The van der Waals surface area contributed by atoms with Gasteiger partial charge >= 0.3 is 0 Å². The number of nitrogens with zero attached hydrogens (tertiary/aromatic N) is 3. The van der Waals surface area contributed by atoms with Gasteiger partial charge in [0.05, 0.1) is 16.9 Å². The van der Waals surface area contributed by atoms with Gasteiger partial charge in [0.15, 0.2) is 5.65 Å². The van der Waals surface area contributed by atoms with Gasteiger partial charge in [-0.15, -0.1) is 11.3 Å². The Morgan fingerprint density at radius 2 is 2.24 bits per heavy atom. The number of rotatable bonds is 7. The van der Waals surface area contributed by atoms with E-state index >= 15 is 0 Å². The Morgan fingerprint density at radius 3 is 2.88 bits per heavy atom. The van der Waals surface area contributed by atoms with Crippen LogP contribution in [0.2, 0.25) is 0 Å². The minimum absolute atomic E-state index is 0.0672. The Morgan fingerprint density at radius 1 is 1.44 bits per heavy atom. The van der Waals surface area contributed by atoms with Crippen LogP contribution in [0.5, 0.6) is 0 Å². The molecule has 0 aromatic carbocycles. The number of nitrogens with one attached hydrogen (secondary N) is 1. The fraction of sp³-hybridized carbons (Fsp3) is 0.375. The van der Waals surface area contributed by atoms with Gasteiger partial charge in [0, 0.05) is 22.1 Å². The summed E-state index contributed by atoms with van der Waals surface area (Å²) < 4.78 is 26.8. The Labute approximate surface area is 156 Å². The Hall–Kier alpha value is -1.58. The summed E-state index contributed by atoms with van der Waals surface area (Å²) in [5, 5.41) is 0. The zero-order chi connectivity index (χ0) is 18.0. The SMILES string of the molecule is Cc1c(CN(CCCN)c2nc3ncccc3[nH]2)sc(C(F)F)c1Br. The number of aromatic amines is 1. The molecule has 0 bridgehead atoms. The molecule has 0 atom stereocenters. The molecule has 3 aromatic heterocycles. The normalized spacial score (nSPS) is 11.6. The molecule has 25 heavy (non-hydrogen) atoms. The molecule has 0 saturated carbocycles. The van der Waals surface area contributed by atoms with Crippen molar-refractivity contribution in [1.82, 2.24) is 15.0 Å². The number of H-pyrrole nitrogens is 1. The van der Waals surface area contributed by atoms with E-state index in [9.17, 15) is 8.78 Å². The number of aromatic nitrogens is 3. The number of hydrogen-bond acceptors (Lipinski definition) is 5. The summed E-state index contributed by atoms with van der Waals surface area (Å²) >= 11 is 4.42. The van der Waals surface area contributed by atoms with Gasteiger partial charge < -0.3 is 15.6 Å². The van der Waals surface area contributed by atoms with Crippen LogP contribution in [0.4, 0.5) is 14.7 Å².